The van der Waals surface area contributed by atoms with E-state index in [1.54, 1.807) is 13.8 Å². The van der Waals surface area contributed by atoms with Crippen molar-refractivity contribution >= 4 is 11.9 Å². The second kappa shape index (κ2) is 9.15. The van der Waals surface area contributed by atoms with Crippen molar-refractivity contribution in [2.45, 2.75) is 45.6 Å². The molecule has 0 heterocycles. The van der Waals surface area contributed by atoms with Gasteiger partial charge in [-0.15, -0.1) is 0 Å². The van der Waals surface area contributed by atoms with E-state index in [2.05, 4.69) is 4.74 Å². The van der Waals surface area contributed by atoms with Crippen molar-refractivity contribution in [2.75, 3.05) is 13.2 Å². The molecule has 0 fully saturated rings. The van der Waals surface area contributed by atoms with Crippen LogP contribution in [0.2, 0.25) is 0 Å². The summed E-state index contributed by atoms with van der Waals surface area (Å²) in [6.07, 6.45) is 0.762. The predicted octanol–water partition coefficient (Wildman–Crippen LogP) is 1.03. The second-order valence-electron chi connectivity index (χ2n) is 3.32. The fraction of sp³-hybridized carbons (Fsp3) is 0.818. The van der Waals surface area contributed by atoms with E-state index in [1.807, 2.05) is 0 Å². The van der Waals surface area contributed by atoms with Crippen LogP contribution in [0, 0.1) is 0 Å². The number of aliphatic hydroxyl groups is 1. The summed E-state index contributed by atoms with van der Waals surface area (Å²) in [5.41, 5.74) is 0. The van der Waals surface area contributed by atoms with Gasteiger partial charge in [0.05, 0.1) is 13.2 Å². The molecule has 5 heteroatoms. The highest BCUT2D eigenvalue weighted by molar-refractivity contribution is 5.74. The van der Waals surface area contributed by atoms with Crippen LogP contribution in [0.3, 0.4) is 0 Å². The second-order valence-corrected chi connectivity index (χ2v) is 3.32. The maximum absolute atomic E-state index is 11.0. The van der Waals surface area contributed by atoms with Gasteiger partial charge in [0.25, 0.3) is 0 Å². The SMILES string of the molecule is CCOC(=O)CCCCC(O)C(=O)OCC. The van der Waals surface area contributed by atoms with Gasteiger partial charge in [0.2, 0.25) is 0 Å². The van der Waals surface area contributed by atoms with Crippen LogP contribution in [0.4, 0.5) is 0 Å². The van der Waals surface area contributed by atoms with E-state index in [4.69, 9.17) is 4.74 Å². The Labute approximate surface area is 95.7 Å². The Balaban J connectivity index is 3.51. The summed E-state index contributed by atoms with van der Waals surface area (Å²) in [6.45, 7) is 4.08. The summed E-state index contributed by atoms with van der Waals surface area (Å²) in [5.74, 6) is -0.841. The standard InChI is InChI=1S/C11H20O5/c1-3-15-10(13)8-6-5-7-9(12)11(14)16-4-2/h9,12H,3-8H2,1-2H3. The summed E-state index contributed by atoms with van der Waals surface area (Å²) in [5, 5.41) is 9.33. The number of esters is 2. The van der Waals surface area contributed by atoms with Crippen molar-refractivity contribution in [3.63, 3.8) is 0 Å². The Bertz CT molecular complexity index is 214. The first-order chi connectivity index (χ1) is 7.61. The Morgan fingerprint density at radius 3 is 2.31 bits per heavy atom. The van der Waals surface area contributed by atoms with E-state index >= 15 is 0 Å². The molecular formula is C11H20O5. The molecule has 0 aromatic rings. The van der Waals surface area contributed by atoms with Gasteiger partial charge in [-0.25, -0.2) is 4.79 Å². The summed E-state index contributed by atoms with van der Waals surface area (Å²) in [4.78, 5) is 22.0. The van der Waals surface area contributed by atoms with E-state index in [-0.39, 0.29) is 12.6 Å². The van der Waals surface area contributed by atoms with Gasteiger partial charge in [-0.2, -0.15) is 0 Å². The maximum atomic E-state index is 11.0. The molecule has 0 bridgehead atoms. The largest absolute Gasteiger partial charge is 0.466 e. The van der Waals surface area contributed by atoms with Crippen LogP contribution in [-0.2, 0) is 19.1 Å². The van der Waals surface area contributed by atoms with Crippen molar-refractivity contribution in [3.8, 4) is 0 Å². The minimum atomic E-state index is -1.08. The molecule has 0 aliphatic carbocycles. The smallest absolute Gasteiger partial charge is 0.334 e. The number of unbranched alkanes of at least 4 members (excludes halogenated alkanes) is 1. The van der Waals surface area contributed by atoms with E-state index < -0.39 is 12.1 Å². The lowest BCUT2D eigenvalue weighted by Crippen LogP contribution is -2.22. The number of aliphatic hydroxyl groups excluding tert-OH is 1. The zero-order chi connectivity index (χ0) is 12.4. The predicted molar refractivity (Wildman–Crippen MR) is 57.7 cm³/mol. The first-order valence-electron chi connectivity index (χ1n) is 5.62. The summed E-state index contributed by atoms with van der Waals surface area (Å²) in [6, 6.07) is 0. The van der Waals surface area contributed by atoms with Crippen molar-refractivity contribution in [1.29, 1.82) is 0 Å². The topological polar surface area (TPSA) is 72.8 Å². The number of carbonyl (C=O) groups excluding carboxylic acids is 2. The normalized spacial score (nSPS) is 11.9. The van der Waals surface area contributed by atoms with Crippen molar-refractivity contribution in [3.05, 3.63) is 0 Å². The van der Waals surface area contributed by atoms with Gasteiger partial charge in [-0.05, 0) is 33.1 Å². The quantitative estimate of drug-likeness (QED) is 0.500. The summed E-state index contributed by atoms with van der Waals surface area (Å²) in [7, 11) is 0. The van der Waals surface area contributed by atoms with Gasteiger partial charge < -0.3 is 14.6 Å². The molecule has 0 amide bonds. The zero-order valence-electron chi connectivity index (χ0n) is 9.90. The number of carbonyl (C=O) groups is 2. The van der Waals surface area contributed by atoms with E-state index in [9.17, 15) is 14.7 Å². The Hall–Kier alpha value is -1.10. The van der Waals surface area contributed by atoms with Gasteiger partial charge in [0.1, 0.15) is 0 Å². The molecule has 94 valence electrons. The highest BCUT2D eigenvalue weighted by Gasteiger charge is 2.15. The molecule has 0 aliphatic heterocycles. The Morgan fingerprint density at radius 2 is 1.75 bits per heavy atom. The van der Waals surface area contributed by atoms with Gasteiger partial charge in [0, 0.05) is 6.42 Å². The average molecular weight is 232 g/mol. The molecule has 1 atom stereocenters. The van der Waals surface area contributed by atoms with E-state index in [0.717, 1.165) is 0 Å². The van der Waals surface area contributed by atoms with Crippen LogP contribution in [0.25, 0.3) is 0 Å². The number of hydrogen-bond donors (Lipinski definition) is 1. The molecule has 0 rings (SSSR count). The van der Waals surface area contributed by atoms with Gasteiger partial charge in [0.15, 0.2) is 6.10 Å². The summed E-state index contributed by atoms with van der Waals surface area (Å²) >= 11 is 0. The number of rotatable bonds is 8. The van der Waals surface area contributed by atoms with Crippen LogP contribution in [0.5, 0.6) is 0 Å². The third-order valence-corrected chi connectivity index (χ3v) is 1.97. The molecule has 0 aromatic heterocycles. The lowest BCUT2D eigenvalue weighted by Gasteiger charge is -2.08. The number of ether oxygens (including phenoxy) is 2. The molecular weight excluding hydrogens is 212 g/mol. The van der Waals surface area contributed by atoms with Crippen LogP contribution >= 0.6 is 0 Å². The summed E-state index contributed by atoms with van der Waals surface area (Å²) < 4.78 is 9.38. The fourth-order valence-corrected chi connectivity index (χ4v) is 1.20. The molecule has 0 spiro atoms. The minimum absolute atomic E-state index is 0.242. The molecule has 1 N–H and O–H groups in total. The third kappa shape index (κ3) is 7.23. The first kappa shape index (κ1) is 14.9. The van der Waals surface area contributed by atoms with Crippen molar-refractivity contribution < 1.29 is 24.2 Å². The lowest BCUT2D eigenvalue weighted by molar-refractivity contribution is -0.153. The van der Waals surface area contributed by atoms with Crippen LogP contribution in [0.15, 0.2) is 0 Å². The minimum Gasteiger partial charge on any atom is -0.466 e. The Morgan fingerprint density at radius 1 is 1.12 bits per heavy atom. The van der Waals surface area contributed by atoms with Crippen molar-refractivity contribution in [2.24, 2.45) is 0 Å². The molecule has 0 aliphatic rings. The highest BCUT2D eigenvalue weighted by atomic mass is 16.5. The molecule has 1 unspecified atom stereocenters. The molecule has 5 nitrogen and oxygen atoms in total. The highest BCUT2D eigenvalue weighted by Crippen LogP contribution is 2.06. The van der Waals surface area contributed by atoms with Gasteiger partial charge in [-0.1, -0.05) is 0 Å². The molecule has 0 radical (unpaired) electrons. The molecule has 0 saturated carbocycles. The maximum Gasteiger partial charge on any atom is 0.334 e. The van der Waals surface area contributed by atoms with Gasteiger partial charge >= 0.3 is 11.9 Å². The van der Waals surface area contributed by atoms with Crippen molar-refractivity contribution in [1.82, 2.24) is 0 Å². The zero-order valence-corrected chi connectivity index (χ0v) is 9.90. The molecule has 16 heavy (non-hydrogen) atoms. The monoisotopic (exact) mass is 232 g/mol. The van der Waals surface area contributed by atoms with Crippen LogP contribution < -0.4 is 0 Å². The van der Waals surface area contributed by atoms with E-state index in [1.165, 1.54) is 0 Å². The Kier molecular flexibility index (Phi) is 8.52. The molecule has 0 saturated heterocycles. The van der Waals surface area contributed by atoms with Crippen LogP contribution in [0.1, 0.15) is 39.5 Å². The average Bonchev–Trinajstić information content (AvgIpc) is 2.24. The molecule has 0 aromatic carbocycles. The van der Waals surface area contributed by atoms with Crippen LogP contribution in [-0.4, -0.2) is 36.4 Å². The first-order valence-corrected chi connectivity index (χ1v) is 5.62. The third-order valence-electron chi connectivity index (χ3n) is 1.97. The van der Waals surface area contributed by atoms with Gasteiger partial charge in [-0.3, -0.25) is 4.79 Å². The number of hydrogen-bond acceptors (Lipinski definition) is 5. The van der Waals surface area contributed by atoms with E-state index in [0.29, 0.717) is 32.3 Å². The fourth-order valence-electron chi connectivity index (χ4n) is 1.20. The lowest BCUT2D eigenvalue weighted by atomic mass is 10.1.